The number of thioether (sulfide) groups is 1. The predicted octanol–water partition coefficient (Wildman–Crippen LogP) is -2.06. The summed E-state index contributed by atoms with van der Waals surface area (Å²) in [7, 11) is 3.19. The van der Waals surface area contributed by atoms with E-state index < -0.39 is 0 Å². The van der Waals surface area contributed by atoms with Crippen molar-refractivity contribution in [1.29, 1.82) is 0 Å². The fraction of sp³-hybridized carbons (Fsp3) is 0.333. The normalized spacial score (nSPS) is 12.9. The van der Waals surface area contributed by atoms with Gasteiger partial charge in [-0.25, -0.2) is 4.98 Å². The first-order valence-corrected chi connectivity index (χ1v) is 6.58. The molecular weight excluding hydrogens is 288 g/mol. The van der Waals surface area contributed by atoms with Gasteiger partial charge < -0.3 is 21.9 Å². The van der Waals surface area contributed by atoms with Gasteiger partial charge in [-0.2, -0.15) is 9.36 Å². The molecule has 2 aromatic rings. The Morgan fingerprint density at radius 1 is 1.26 bits per heavy atom. The molecule has 0 radical (unpaired) electrons. The number of hydrogen-bond acceptors (Lipinski definition) is 4. The summed E-state index contributed by atoms with van der Waals surface area (Å²) in [6, 6.07) is 3.71. The van der Waals surface area contributed by atoms with Crippen molar-refractivity contribution in [2.24, 2.45) is 0 Å². The van der Waals surface area contributed by atoms with E-state index in [4.69, 9.17) is 9.47 Å². The molecule has 5 nitrogen and oxygen atoms in total. The quantitative estimate of drug-likeness (QED) is 0.512. The van der Waals surface area contributed by atoms with Gasteiger partial charge in [0, 0.05) is 17.9 Å². The predicted molar refractivity (Wildman–Crippen MR) is 68.6 cm³/mol. The molecule has 0 aliphatic carbocycles. The highest BCUT2D eigenvalue weighted by Crippen LogP contribution is 2.34. The Morgan fingerprint density at radius 3 is 2.63 bits per heavy atom. The van der Waals surface area contributed by atoms with Gasteiger partial charge in [-0.15, -0.1) is 0 Å². The lowest BCUT2D eigenvalue weighted by Gasteiger charge is -2.08. The lowest BCUT2D eigenvalue weighted by Crippen LogP contribution is -3.00. The Balaban J connectivity index is 0.00000133. The summed E-state index contributed by atoms with van der Waals surface area (Å²) in [5.41, 5.74) is 0.702. The van der Waals surface area contributed by atoms with Crippen LogP contribution in [0.25, 0.3) is 10.9 Å². The van der Waals surface area contributed by atoms with Gasteiger partial charge >= 0.3 is 5.69 Å². The first-order chi connectivity index (χ1) is 8.74. The monoisotopic (exact) mass is 300 g/mol. The van der Waals surface area contributed by atoms with E-state index in [1.807, 2.05) is 6.07 Å². The van der Waals surface area contributed by atoms with Crippen LogP contribution >= 0.6 is 11.8 Å². The zero-order chi connectivity index (χ0) is 12.7. The second-order valence-electron chi connectivity index (χ2n) is 3.99. The van der Waals surface area contributed by atoms with Crippen molar-refractivity contribution < 1.29 is 26.4 Å². The molecule has 1 aromatic carbocycles. The highest BCUT2D eigenvalue weighted by Gasteiger charge is 2.25. The van der Waals surface area contributed by atoms with Crippen molar-refractivity contribution in [3.05, 3.63) is 22.6 Å². The Bertz CT molecular complexity index is 687. The number of H-pyrrole nitrogens is 1. The highest BCUT2D eigenvalue weighted by molar-refractivity contribution is 7.99. The van der Waals surface area contributed by atoms with Gasteiger partial charge in [0.1, 0.15) is 12.1 Å². The largest absolute Gasteiger partial charge is 1.00 e. The lowest BCUT2D eigenvalue weighted by molar-refractivity contribution is -0.737. The third kappa shape index (κ3) is 2.15. The Hall–Kier alpha value is -1.40. The maximum absolute atomic E-state index is 11.9. The molecule has 102 valence electrons. The van der Waals surface area contributed by atoms with Crippen molar-refractivity contribution >= 4 is 22.7 Å². The van der Waals surface area contributed by atoms with Crippen molar-refractivity contribution in [2.75, 3.05) is 20.0 Å². The SMILES string of the molecule is COc1cc2[nH]c(=O)[n+]3c(c2cc1OC)SCC3.[Cl-]. The number of hydrogen-bond donors (Lipinski definition) is 1. The van der Waals surface area contributed by atoms with E-state index in [2.05, 4.69) is 4.98 Å². The van der Waals surface area contributed by atoms with Crippen LogP contribution in [0.2, 0.25) is 0 Å². The number of ether oxygens (including phenoxy) is 2. The molecule has 1 aromatic heterocycles. The number of nitrogens with zero attached hydrogens (tertiary/aromatic N) is 1. The van der Waals surface area contributed by atoms with Gasteiger partial charge in [-0.3, -0.25) is 0 Å². The minimum Gasteiger partial charge on any atom is -1.00 e. The third-order valence-corrected chi connectivity index (χ3v) is 4.14. The number of aromatic amines is 1. The zero-order valence-electron chi connectivity index (χ0n) is 10.5. The summed E-state index contributed by atoms with van der Waals surface area (Å²) in [5, 5.41) is 1.99. The molecule has 7 heteroatoms. The summed E-state index contributed by atoms with van der Waals surface area (Å²) >= 11 is 1.69. The topological polar surface area (TPSA) is 55.2 Å². The van der Waals surface area contributed by atoms with E-state index in [1.54, 1.807) is 36.6 Å². The van der Waals surface area contributed by atoms with Gasteiger partial charge in [0.2, 0.25) is 0 Å². The molecule has 19 heavy (non-hydrogen) atoms. The molecule has 0 saturated heterocycles. The van der Waals surface area contributed by atoms with Gasteiger partial charge in [-0.05, 0) is 0 Å². The van der Waals surface area contributed by atoms with Crippen molar-refractivity contribution in [3.63, 3.8) is 0 Å². The van der Waals surface area contributed by atoms with Gasteiger partial charge in [0.15, 0.2) is 16.5 Å². The number of halogens is 1. The maximum Gasteiger partial charge on any atom is 0.497 e. The highest BCUT2D eigenvalue weighted by atomic mass is 35.5. The number of fused-ring (bicyclic) bond motifs is 3. The Labute approximate surface area is 120 Å². The molecule has 0 bridgehead atoms. The average molecular weight is 301 g/mol. The van der Waals surface area contributed by atoms with E-state index in [9.17, 15) is 4.79 Å². The molecule has 0 unspecified atom stereocenters. The van der Waals surface area contributed by atoms with Crippen LogP contribution < -0.4 is 32.1 Å². The molecule has 1 N–H and O–H groups in total. The molecule has 0 saturated carbocycles. The molecule has 3 rings (SSSR count). The first kappa shape index (κ1) is 14.0. The van der Waals surface area contributed by atoms with Crippen molar-refractivity contribution in [3.8, 4) is 11.5 Å². The number of rotatable bonds is 2. The van der Waals surface area contributed by atoms with Crippen LogP contribution in [0.4, 0.5) is 0 Å². The molecule has 0 spiro atoms. The summed E-state index contributed by atoms with van der Waals surface area (Å²) in [6.07, 6.45) is 0. The summed E-state index contributed by atoms with van der Waals surface area (Å²) in [5.74, 6) is 2.22. The average Bonchev–Trinajstić information content (AvgIpc) is 2.87. The second-order valence-corrected chi connectivity index (χ2v) is 5.07. The number of nitrogens with one attached hydrogen (secondary N) is 1. The standard InChI is InChI=1S/C12H12N2O3S.ClH/c1-16-9-5-7-8(6-10(9)17-2)13-12(15)14-3-4-18-11(7)14;/h5-6H,3-4H2,1-2H3;1H. The maximum atomic E-state index is 11.9. The Kier molecular flexibility index (Phi) is 3.91. The van der Waals surface area contributed by atoms with E-state index >= 15 is 0 Å². The van der Waals surface area contributed by atoms with Crippen LogP contribution in [0.15, 0.2) is 22.0 Å². The number of aromatic nitrogens is 2. The molecular formula is C12H13ClN2O3S. The van der Waals surface area contributed by atoms with Crippen LogP contribution in [0.1, 0.15) is 0 Å². The van der Waals surface area contributed by atoms with E-state index in [0.717, 1.165) is 28.2 Å². The second kappa shape index (κ2) is 5.30. The molecule has 2 heterocycles. The smallest absolute Gasteiger partial charge is 0.497 e. The number of benzene rings is 1. The summed E-state index contributed by atoms with van der Waals surface area (Å²) in [4.78, 5) is 14.8. The lowest BCUT2D eigenvalue weighted by atomic mass is 10.2. The van der Waals surface area contributed by atoms with Gasteiger partial charge in [0.05, 0.1) is 19.6 Å². The molecule has 1 aliphatic heterocycles. The van der Waals surface area contributed by atoms with E-state index in [-0.39, 0.29) is 18.1 Å². The fourth-order valence-electron chi connectivity index (χ4n) is 2.17. The van der Waals surface area contributed by atoms with Crippen LogP contribution in [0, 0.1) is 0 Å². The van der Waals surface area contributed by atoms with E-state index in [0.29, 0.717) is 11.5 Å². The molecule has 1 aliphatic rings. The minimum atomic E-state index is -0.0743. The van der Waals surface area contributed by atoms with Crippen LogP contribution in [-0.2, 0) is 6.54 Å². The molecule has 0 fully saturated rings. The van der Waals surface area contributed by atoms with Crippen LogP contribution in [-0.4, -0.2) is 25.0 Å². The van der Waals surface area contributed by atoms with Gasteiger partial charge in [0.25, 0.3) is 0 Å². The third-order valence-electron chi connectivity index (χ3n) is 3.04. The fourth-order valence-corrected chi connectivity index (χ4v) is 3.29. The van der Waals surface area contributed by atoms with Crippen LogP contribution in [0.5, 0.6) is 11.5 Å². The zero-order valence-corrected chi connectivity index (χ0v) is 12.1. The van der Waals surface area contributed by atoms with Crippen molar-refractivity contribution in [2.45, 2.75) is 11.6 Å². The van der Waals surface area contributed by atoms with Crippen LogP contribution in [0.3, 0.4) is 0 Å². The molecule has 0 amide bonds. The van der Waals surface area contributed by atoms with Crippen molar-refractivity contribution in [1.82, 2.24) is 4.98 Å². The molecule has 0 atom stereocenters. The Morgan fingerprint density at radius 2 is 1.95 bits per heavy atom. The first-order valence-electron chi connectivity index (χ1n) is 5.59. The van der Waals surface area contributed by atoms with E-state index in [1.165, 1.54) is 0 Å². The number of methoxy groups -OCH3 is 2. The summed E-state index contributed by atoms with van der Waals surface area (Å²) in [6.45, 7) is 0.750. The van der Waals surface area contributed by atoms with Gasteiger partial charge in [-0.1, -0.05) is 11.8 Å². The summed E-state index contributed by atoms with van der Waals surface area (Å²) < 4.78 is 12.3. The minimum absolute atomic E-state index is 0.